The standard InChI is InChI=1S/C17H18FN7O4/c18-9-4-2-1-3-8(9)5-21-24-17-22-14(19)11-15(23-17)25(7-20-11)16-13(28)12(27)10(6-26)29-16/h1-5,7,10,12-13,16,26-28H,6H2,(H3,19,22,23,24)/b21-5+/t10-,12-,13-,16?/m1/s1. The fourth-order valence-corrected chi connectivity index (χ4v) is 3.02. The third kappa shape index (κ3) is 3.49. The van der Waals surface area contributed by atoms with Crippen LogP contribution in [-0.2, 0) is 4.74 Å². The lowest BCUT2D eigenvalue weighted by Gasteiger charge is -2.16. The molecule has 1 aliphatic rings. The number of imidazole rings is 1. The summed E-state index contributed by atoms with van der Waals surface area (Å²) in [6.45, 7) is -0.462. The van der Waals surface area contributed by atoms with Crippen molar-refractivity contribution in [2.24, 2.45) is 5.10 Å². The number of ether oxygens (including phenoxy) is 1. The van der Waals surface area contributed by atoms with Crippen LogP contribution in [0.3, 0.4) is 0 Å². The summed E-state index contributed by atoms with van der Waals surface area (Å²) in [5, 5.41) is 33.4. The van der Waals surface area contributed by atoms with Crippen LogP contribution in [0.5, 0.6) is 0 Å². The van der Waals surface area contributed by atoms with Crippen LogP contribution in [0.1, 0.15) is 11.8 Å². The number of nitrogens with one attached hydrogen (secondary N) is 1. The minimum absolute atomic E-state index is 0.0103. The van der Waals surface area contributed by atoms with E-state index in [2.05, 4.69) is 25.5 Å². The van der Waals surface area contributed by atoms with Gasteiger partial charge in [0.1, 0.15) is 29.6 Å². The van der Waals surface area contributed by atoms with Crippen LogP contribution in [0, 0.1) is 5.82 Å². The third-order valence-corrected chi connectivity index (χ3v) is 4.51. The molecular formula is C17H18FN7O4. The van der Waals surface area contributed by atoms with Gasteiger partial charge in [0, 0.05) is 5.56 Å². The average molecular weight is 403 g/mol. The first-order valence-electron chi connectivity index (χ1n) is 8.65. The number of nitrogen functional groups attached to an aromatic ring is 1. The number of nitrogens with zero attached hydrogens (tertiary/aromatic N) is 5. The van der Waals surface area contributed by atoms with Gasteiger partial charge in [-0.15, -0.1) is 0 Å². The van der Waals surface area contributed by atoms with E-state index in [1.807, 2.05) is 0 Å². The molecule has 11 nitrogen and oxygen atoms in total. The van der Waals surface area contributed by atoms with Crippen molar-refractivity contribution in [2.45, 2.75) is 24.5 Å². The molecule has 1 saturated heterocycles. The fraction of sp³-hybridized carbons (Fsp3) is 0.294. The Morgan fingerprint density at radius 2 is 2.07 bits per heavy atom. The number of nitrogens with two attached hydrogens (primary N) is 1. The summed E-state index contributed by atoms with van der Waals surface area (Å²) < 4.78 is 20.5. The minimum Gasteiger partial charge on any atom is -0.394 e. The van der Waals surface area contributed by atoms with Crippen molar-refractivity contribution in [3.05, 3.63) is 42.0 Å². The van der Waals surface area contributed by atoms with Crippen LogP contribution >= 0.6 is 0 Å². The van der Waals surface area contributed by atoms with Gasteiger partial charge in [-0.3, -0.25) is 4.57 Å². The highest BCUT2D eigenvalue weighted by Gasteiger charge is 2.44. The number of hydrogen-bond acceptors (Lipinski definition) is 10. The summed E-state index contributed by atoms with van der Waals surface area (Å²) in [6, 6.07) is 6.10. The Kier molecular flexibility index (Phi) is 5.07. The molecule has 1 unspecified atom stereocenters. The molecule has 12 heteroatoms. The van der Waals surface area contributed by atoms with Gasteiger partial charge in [-0.2, -0.15) is 15.1 Å². The van der Waals surface area contributed by atoms with Gasteiger partial charge in [0.15, 0.2) is 17.7 Å². The largest absolute Gasteiger partial charge is 0.394 e. The van der Waals surface area contributed by atoms with Crippen LogP contribution in [0.15, 0.2) is 35.7 Å². The Hall–Kier alpha value is -3.19. The fourth-order valence-electron chi connectivity index (χ4n) is 3.02. The van der Waals surface area contributed by atoms with Crippen LogP contribution in [-0.4, -0.2) is 66.0 Å². The van der Waals surface area contributed by atoms with Gasteiger partial charge < -0.3 is 25.8 Å². The van der Waals surface area contributed by atoms with Gasteiger partial charge >= 0.3 is 0 Å². The van der Waals surface area contributed by atoms with Crippen molar-refractivity contribution in [1.29, 1.82) is 0 Å². The predicted octanol–water partition coefficient (Wildman–Crippen LogP) is -0.395. The van der Waals surface area contributed by atoms with Gasteiger partial charge in [0.25, 0.3) is 0 Å². The highest BCUT2D eigenvalue weighted by atomic mass is 19.1. The van der Waals surface area contributed by atoms with Crippen molar-refractivity contribution in [2.75, 3.05) is 17.8 Å². The number of hydrazone groups is 1. The lowest BCUT2D eigenvalue weighted by molar-refractivity contribution is -0.0511. The Morgan fingerprint density at radius 3 is 2.79 bits per heavy atom. The number of aliphatic hydroxyl groups is 3. The van der Waals surface area contributed by atoms with E-state index in [1.54, 1.807) is 18.2 Å². The van der Waals surface area contributed by atoms with E-state index in [0.717, 1.165) is 0 Å². The minimum atomic E-state index is -1.31. The molecule has 29 heavy (non-hydrogen) atoms. The van der Waals surface area contributed by atoms with Crippen molar-refractivity contribution in [3.63, 3.8) is 0 Å². The molecule has 0 radical (unpaired) electrons. The molecular weight excluding hydrogens is 385 g/mol. The molecule has 1 aliphatic heterocycles. The topological polar surface area (TPSA) is 164 Å². The molecule has 4 atom stereocenters. The maximum Gasteiger partial charge on any atom is 0.247 e. The number of benzene rings is 1. The molecule has 0 spiro atoms. The second-order valence-electron chi connectivity index (χ2n) is 6.38. The molecule has 1 aromatic carbocycles. The molecule has 4 rings (SSSR count). The molecule has 3 aromatic rings. The van der Waals surface area contributed by atoms with Crippen molar-refractivity contribution in [3.8, 4) is 0 Å². The number of hydrogen-bond donors (Lipinski definition) is 5. The summed E-state index contributed by atoms with van der Waals surface area (Å²) in [4.78, 5) is 12.4. The van der Waals surface area contributed by atoms with Crippen LogP contribution < -0.4 is 11.2 Å². The van der Waals surface area contributed by atoms with Crippen molar-refractivity contribution < 1.29 is 24.4 Å². The van der Waals surface area contributed by atoms with E-state index in [1.165, 1.54) is 23.2 Å². The third-order valence-electron chi connectivity index (χ3n) is 4.51. The highest BCUT2D eigenvalue weighted by Crippen LogP contribution is 2.32. The molecule has 3 heterocycles. The second-order valence-corrected chi connectivity index (χ2v) is 6.38. The first kappa shape index (κ1) is 19.1. The maximum absolute atomic E-state index is 13.6. The molecule has 1 fully saturated rings. The molecule has 152 valence electrons. The Morgan fingerprint density at radius 1 is 1.28 bits per heavy atom. The van der Waals surface area contributed by atoms with Gasteiger partial charge in [0.05, 0.1) is 19.1 Å². The number of halogens is 1. The van der Waals surface area contributed by atoms with Crippen molar-refractivity contribution in [1.82, 2.24) is 19.5 Å². The highest BCUT2D eigenvalue weighted by molar-refractivity contribution is 5.83. The van der Waals surface area contributed by atoms with Gasteiger partial charge in [-0.25, -0.2) is 14.8 Å². The van der Waals surface area contributed by atoms with E-state index in [4.69, 9.17) is 10.5 Å². The zero-order chi connectivity index (χ0) is 20.5. The normalized spacial score (nSPS) is 24.6. The molecule has 0 aliphatic carbocycles. The summed E-state index contributed by atoms with van der Waals surface area (Å²) in [6.07, 6.45) is -1.96. The van der Waals surface area contributed by atoms with E-state index in [9.17, 15) is 19.7 Å². The molecule has 0 amide bonds. The first-order valence-corrected chi connectivity index (χ1v) is 8.65. The van der Waals surface area contributed by atoms with Crippen molar-refractivity contribution >= 4 is 29.1 Å². The lowest BCUT2D eigenvalue weighted by Crippen LogP contribution is -2.33. The lowest BCUT2D eigenvalue weighted by atomic mass is 10.1. The number of fused-ring (bicyclic) bond motifs is 1. The summed E-state index contributed by atoms with van der Waals surface area (Å²) in [5.74, 6) is -0.378. The predicted molar refractivity (Wildman–Crippen MR) is 100 cm³/mol. The molecule has 2 aromatic heterocycles. The average Bonchev–Trinajstić information content (AvgIpc) is 3.25. The maximum atomic E-state index is 13.6. The SMILES string of the molecule is Nc1nc(N/N=C/c2ccccc2F)nc2c1ncn2C1O[C@H](CO)[C@@H](O)[C@H]1O. The van der Waals surface area contributed by atoms with E-state index in [-0.39, 0.29) is 28.5 Å². The number of aromatic nitrogens is 4. The zero-order valence-electron chi connectivity index (χ0n) is 14.9. The van der Waals surface area contributed by atoms with Crippen LogP contribution in [0.4, 0.5) is 16.2 Å². The summed E-state index contributed by atoms with van der Waals surface area (Å²) in [5.41, 5.74) is 9.23. The summed E-state index contributed by atoms with van der Waals surface area (Å²) in [7, 11) is 0. The number of rotatable bonds is 5. The zero-order valence-corrected chi connectivity index (χ0v) is 14.9. The van der Waals surface area contributed by atoms with Gasteiger partial charge in [-0.05, 0) is 6.07 Å². The van der Waals surface area contributed by atoms with Crippen LogP contribution in [0.25, 0.3) is 11.2 Å². The number of aliphatic hydroxyl groups excluding tert-OH is 3. The van der Waals surface area contributed by atoms with Gasteiger partial charge in [0.2, 0.25) is 5.95 Å². The van der Waals surface area contributed by atoms with E-state index < -0.39 is 37.0 Å². The molecule has 0 saturated carbocycles. The Labute approximate surface area is 163 Å². The Bertz CT molecular complexity index is 1060. The second kappa shape index (κ2) is 7.67. The smallest absolute Gasteiger partial charge is 0.247 e. The quantitative estimate of drug-likeness (QED) is 0.282. The van der Waals surface area contributed by atoms with E-state index in [0.29, 0.717) is 0 Å². The molecule has 0 bridgehead atoms. The molecule has 6 N–H and O–H groups in total. The Balaban J connectivity index is 1.63. The number of anilines is 2. The monoisotopic (exact) mass is 403 g/mol. The van der Waals surface area contributed by atoms with Crippen LogP contribution in [0.2, 0.25) is 0 Å². The first-order chi connectivity index (χ1) is 14.0. The van der Waals surface area contributed by atoms with Gasteiger partial charge in [-0.1, -0.05) is 18.2 Å². The summed E-state index contributed by atoms with van der Waals surface area (Å²) >= 11 is 0. The van der Waals surface area contributed by atoms with E-state index >= 15 is 0 Å².